The molecule has 0 spiro atoms. The molecular weight excluding hydrogens is 228 g/mol. The van der Waals surface area contributed by atoms with Crippen molar-refractivity contribution in [2.24, 2.45) is 5.41 Å². The molecule has 1 aromatic rings. The average Bonchev–Trinajstić information content (AvgIpc) is 2.66. The summed E-state index contributed by atoms with van der Waals surface area (Å²) in [5.74, 6) is 0. The number of piperidine rings is 1. The first kappa shape index (κ1) is 11.2. The molecule has 84 valence electrons. The van der Waals surface area contributed by atoms with Gasteiger partial charge in [0.05, 0.1) is 0 Å². The quantitative estimate of drug-likeness (QED) is 0.787. The average molecular weight is 245 g/mol. The molecule has 0 amide bonds. The third kappa shape index (κ3) is 2.45. The van der Waals surface area contributed by atoms with Crippen LogP contribution in [0, 0.1) is 5.41 Å². The number of thiazole rings is 1. The second-order valence-corrected chi connectivity index (χ2v) is 5.83. The van der Waals surface area contributed by atoms with Gasteiger partial charge in [-0.15, -0.1) is 11.3 Å². The van der Waals surface area contributed by atoms with E-state index < -0.39 is 0 Å². The van der Waals surface area contributed by atoms with E-state index in [1.54, 1.807) is 11.3 Å². The van der Waals surface area contributed by atoms with E-state index in [-0.39, 0.29) is 0 Å². The lowest BCUT2D eigenvalue weighted by Gasteiger charge is -2.38. The molecule has 0 aromatic carbocycles. The Balaban J connectivity index is 1.99. The first-order valence-corrected chi connectivity index (χ1v) is 6.75. The fraction of sp³-hybridized carbons (Fsp3) is 0.727. The van der Waals surface area contributed by atoms with Crippen LogP contribution in [0.15, 0.2) is 5.38 Å². The monoisotopic (exact) mass is 244 g/mol. The molecule has 0 aliphatic carbocycles. The largest absolute Gasteiger partial charge is 0.348 e. The molecule has 1 aliphatic heterocycles. The van der Waals surface area contributed by atoms with Gasteiger partial charge in [0, 0.05) is 18.5 Å². The Morgan fingerprint density at radius 1 is 1.53 bits per heavy atom. The van der Waals surface area contributed by atoms with Crippen molar-refractivity contribution in [2.45, 2.75) is 33.1 Å². The molecule has 0 N–H and O–H groups in total. The molecule has 4 heteroatoms. The minimum absolute atomic E-state index is 0.539. The smallest absolute Gasteiger partial charge is 0.186 e. The minimum Gasteiger partial charge on any atom is -0.348 e. The van der Waals surface area contributed by atoms with Gasteiger partial charge < -0.3 is 4.90 Å². The van der Waals surface area contributed by atoms with E-state index in [0.29, 0.717) is 10.6 Å². The molecule has 2 nitrogen and oxygen atoms in total. The Morgan fingerprint density at radius 2 is 2.20 bits per heavy atom. The molecule has 0 radical (unpaired) electrons. The summed E-state index contributed by atoms with van der Waals surface area (Å²) >= 11 is 7.48. The maximum atomic E-state index is 5.84. The molecule has 1 aromatic heterocycles. The topological polar surface area (TPSA) is 16.1 Å². The fourth-order valence-corrected chi connectivity index (χ4v) is 2.98. The van der Waals surface area contributed by atoms with Crippen LogP contribution in [-0.2, 0) is 0 Å². The zero-order valence-electron chi connectivity index (χ0n) is 9.29. The van der Waals surface area contributed by atoms with Gasteiger partial charge in [-0.3, -0.25) is 0 Å². The van der Waals surface area contributed by atoms with Crippen LogP contribution in [0.1, 0.15) is 33.1 Å². The summed E-state index contributed by atoms with van der Waals surface area (Å²) in [5.41, 5.74) is 0.539. The Labute approximate surface area is 100 Å². The zero-order valence-corrected chi connectivity index (χ0v) is 10.9. The van der Waals surface area contributed by atoms with E-state index in [2.05, 4.69) is 23.7 Å². The number of nitrogens with zero attached hydrogens (tertiary/aromatic N) is 2. The third-order valence-electron chi connectivity index (χ3n) is 3.56. The number of aromatic nitrogens is 1. The van der Waals surface area contributed by atoms with Crippen molar-refractivity contribution in [3.8, 4) is 0 Å². The fourth-order valence-electron chi connectivity index (χ4n) is 1.98. The lowest BCUT2D eigenvalue weighted by atomic mass is 9.78. The van der Waals surface area contributed by atoms with E-state index >= 15 is 0 Å². The molecule has 0 bridgehead atoms. The first-order valence-electron chi connectivity index (χ1n) is 5.49. The van der Waals surface area contributed by atoms with E-state index in [4.69, 9.17) is 11.6 Å². The van der Waals surface area contributed by atoms with Gasteiger partial charge >= 0.3 is 0 Å². The van der Waals surface area contributed by atoms with Crippen molar-refractivity contribution in [3.63, 3.8) is 0 Å². The highest BCUT2D eigenvalue weighted by Crippen LogP contribution is 2.36. The van der Waals surface area contributed by atoms with Gasteiger partial charge in [0.1, 0.15) is 5.15 Å². The Hall–Kier alpha value is -0.280. The highest BCUT2D eigenvalue weighted by atomic mass is 35.5. The van der Waals surface area contributed by atoms with Crippen LogP contribution in [0.4, 0.5) is 5.13 Å². The lowest BCUT2D eigenvalue weighted by Crippen LogP contribution is -2.38. The van der Waals surface area contributed by atoms with E-state index in [9.17, 15) is 0 Å². The molecule has 1 fully saturated rings. The predicted molar refractivity (Wildman–Crippen MR) is 67.0 cm³/mol. The van der Waals surface area contributed by atoms with Crippen molar-refractivity contribution < 1.29 is 0 Å². The Bertz CT molecular complexity index is 329. The molecular formula is C11H17ClN2S. The number of halogens is 1. The van der Waals surface area contributed by atoms with Gasteiger partial charge in [0.2, 0.25) is 0 Å². The summed E-state index contributed by atoms with van der Waals surface area (Å²) in [7, 11) is 0. The van der Waals surface area contributed by atoms with Gasteiger partial charge in [-0.1, -0.05) is 31.9 Å². The molecule has 0 saturated carbocycles. The van der Waals surface area contributed by atoms with Crippen LogP contribution in [0.25, 0.3) is 0 Å². The number of hydrogen-bond donors (Lipinski definition) is 0. The molecule has 0 unspecified atom stereocenters. The predicted octanol–water partition coefficient (Wildman–Crippen LogP) is 3.81. The SMILES string of the molecule is CCC1(C)CCN(c2nc(Cl)cs2)CC1. The number of anilines is 1. The summed E-state index contributed by atoms with van der Waals surface area (Å²) in [6, 6.07) is 0. The number of rotatable bonds is 2. The van der Waals surface area contributed by atoms with Crippen molar-refractivity contribution in [3.05, 3.63) is 10.5 Å². The van der Waals surface area contributed by atoms with Gasteiger partial charge in [0.25, 0.3) is 0 Å². The standard InChI is InChI=1S/C11H17ClN2S/c1-3-11(2)4-6-14(7-5-11)10-13-9(12)8-15-10/h8H,3-7H2,1-2H3. The minimum atomic E-state index is 0.539. The maximum absolute atomic E-state index is 5.84. The summed E-state index contributed by atoms with van der Waals surface area (Å²) in [4.78, 5) is 6.67. The van der Waals surface area contributed by atoms with Gasteiger partial charge in [-0.05, 0) is 18.3 Å². The second-order valence-electron chi connectivity index (χ2n) is 4.60. The second kappa shape index (κ2) is 4.30. The van der Waals surface area contributed by atoms with Gasteiger partial charge in [-0.25, -0.2) is 4.98 Å². The van der Waals surface area contributed by atoms with Crippen LogP contribution in [0.2, 0.25) is 5.15 Å². The van der Waals surface area contributed by atoms with Crippen LogP contribution >= 0.6 is 22.9 Å². The van der Waals surface area contributed by atoms with Crippen LogP contribution < -0.4 is 4.90 Å². The van der Waals surface area contributed by atoms with Gasteiger partial charge in [0.15, 0.2) is 5.13 Å². The molecule has 1 saturated heterocycles. The highest BCUT2D eigenvalue weighted by Gasteiger charge is 2.29. The molecule has 2 heterocycles. The third-order valence-corrected chi connectivity index (χ3v) is 4.78. The summed E-state index contributed by atoms with van der Waals surface area (Å²) in [5, 5.41) is 3.61. The maximum Gasteiger partial charge on any atom is 0.186 e. The van der Waals surface area contributed by atoms with Crippen molar-refractivity contribution in [1.82, 2.24) is 4.98 Å². The highest BCUT2D eigenvalue weighted by molar-refractivity contribution is 7.14. The van der Waals surface area contributed by atoms with Crippen molar-refractivity contribution >= 4 is 28.1 Å². The molecule has 2 rings (SSSR count). The van der Waals surface area contributed by atoms with E-state index in [1.165, 1.54) is 19.3 Å². The number of hydrogen-bond acceptors (Lipinski definition) is 3. The first-order chi connectivity index (χ1) is 7.13. The summed E-state index contributed by atoms with van der Waals surface area (Å²) in [6.45, 7) is 6.91. The summed E-state index contributed by atoms with van der Waals surface area (Å²) < 4.78 is 0. The lowest BCUT2D eigenvalue weighted by molar-refractivity contribution is 0.238. The van der Waals surface area contributed by atoms with E-state index in [0.717, 1.165) is 18.2 Å². The van der Waals surface area contributed by atoms with Gasteiger partial charge in [-0.2, -0.15) is 0 Å². The normalized spacial score (nSPS) is 20.6. The van der Waals surface area contributed by atoms with E-state index in [1.807, 2.05) is 5.38 Å². The Kier molecular flexibility index (Phi) is 3.21. The summed E-state index contributed by atoms with van der Waals surface area (Å²) in [6.07, 6.45) is 3.81. The molecule has 0 atom stereocenters. The zero-order chi connectivity index (χ0) is 10.9. The van der Waals surface area contributed by atoms with Crippen LogP contribution in [-0.4, -0.2) is 18.1 Å². The molecule has 15 heavy (non-hydrogen) atoms. The van der Waals surface area contributed by atoms with Crippen molar-refractivity contribution in [2.75, 3.05) is 18.0 Å². The van der Waals surface area contributed by atoms with Crippen molar-refractivity contribution in [1.29, 1.82) is 0 Å². The van der Waals surface area contributed by atoms with Crippen LogP contribution in [0.5, 0.6) is 0 Å². The molecule has 1 aliphatic rings. The Morgan fingerprint density at radius 3 is 2.67 bits per heavy atom. The van der Waals surface area contributed by atoms with Crippen LogP contribution in [0.3, 0.4) is 0 Å².